The van der Waals surface area contributed by atoms with Crippen molar-refractivity contribution in [3.8, 4) is 0 Å². The molecule has 28 heavy (non-hydrogen) atoms. The van der Waals surface area contributed by atoms with Gasteiger partial charge in [0.05, 0.1) is 16.3 Å². The molecule has 4 rings (SSSR count). The van der Waals surface area contributed by atoms with E-state index in [-0.39, 0.29) is 16.5 Å². The Morgan fingerprint density at radius 2 is 2.04 bits per heavy atom. The van der Waals surface area contributed by atoms with Gasteiger partial charge >= 0.3 is 0 Å². The molecule has 1 saturated carbocycles. The van der Waals surface area contributed by atoms with Crippen LogP contribution in [-0.2, 0) is 16.6 Å². The Labute approximate surface area is 167 Å². The number of nitrogens with one attached hydrogen (secondary N) is 1. The summed E-state index contributed by atoms with van der Waals surface area (Å²) >= 11 is 6.17. The monoisotopic (exact) mass is 400 g/mol. The van der Waals surface area contributed by atoms with Crippen LogP contribution in [0.25, 0.3) is 0 Å². The van der Waals surface area contributed by atoms with Crippen molar-refractivity contribution in [1.82, 2.24) is 9.78 Å². The lowest BCUT2D eigenvalue weighted by molar-refractivity contribution is -0.121. The van der Waals surface area contributed by atoms with Gasteiger partial charge in [-0.3, -0.25) is 24.0 Å². The van der Waals surface area contributed by atoms with Crippen LogP contribution in [0.1, 0.15) is 42.5 Å². The molecular weight excluding hydrogens is 380 g/mol. The zero-order valence-corrected chi connectivity index (χ0v) is 16.3. The number of nitrogens with zero attached hydrogens (tertiary/aromatic N) is 3. The van der Waals surface area contributed by atoms with E-state index in [1.54, 1.807) is 42.2 Å². The second kappa shape index (κ2) is 7.39. The van der Waals surface area contributed by atoms with Gasteiger partial charge in [0.1, 0.15) is 6.04 Å². The summed E-state index contributed by atoms with van der Waals surface area (Å²) in [6, 6.07) is 5.82. The molecule has 146 valence electrons. The van der Waals surface area contributed by atoms with Crippen LogP contribution in [0.5, 0.6) is 0 Å². The summed E-state index contributed by atoms with van der Waals surface area (Å²) in [5.41, 5.74) is 0.581. The van der Waals surface area contributed by atoms with Gasteiger partial charge in [0, 0.05) is 19.3 Å². The highest BCUT2D eigenvalue weighted by Crippen LogP contribution is 2.38. The fourth-order valence-electron chi connectivity index (χ4n) is 4.16. The fourth-order valence-corrected chi connectivity index (χ4v) is 4.41. The molecule has 2 amide bonds. The van der Waals surface area contributed by atoms with Gasteiger partial charge < -0.3 is 5.32 Å². The van der Waals surface area contributed by atoms with Crippen molar-refractivity contribution < 1.29 is 14.4 Å². The predicted octanol–water partition coefficient (Wildman–Crippen LogP) is 3.19. The van der Waals surface area contributed by atoms with E-state index >= 15 is 0 Å². The fraction of sp³-hybridized carbons (Fsp3) is 0.400. The van der Waals surface area contributed by atoms with Crippen LogP contribution in [0.2, 0.25) is 5.02 Å². The first-order valence-corrected chi connectivity index (χ1v) is 9.80. The largest absolute Gasteiger partial charge is 0.307 e. The number of rotatable bonds is 5. The van der Waals surface area contributed by atoms with Gasteiger partial charge in [-0.15, -0.1) is 0 Å². The summed E-state index contributed by atoms with van der Waals surface area (Å²) in [6.45, 7) is 0. The van der Waals surface area contributed by atoms with Crippen molar-refractivity contribution in [2.24, 2.45) is 13.0 Å². The Kier molecular flexibility index (Phi) is 4.93. The van der Waals surface area contributed by atoms with Gasteiger partial charge in [0.2, 0.25) is 5.91 Å². The average molecular weight is 401 g/mol. The van der Waals surface area contributed by atoms with E-state index in [0.717, 1.165) is 25.7 Å². The smallest absolute Gasteiger partial charge is 0.300 e. The minimum atomic E-state index is -0.790. The minimum Gasteiger partial charge on any atom is -0.307 e. The number of carbonyl (C=O) groups excluding carboxylic acids is 3. The van der Waals surface area contributed by atoms with Crippen LogP contribution in [0.4, 0.5) is 11.5 Å². The molecule has 1 aliphatic carbocycles. The molecule has 1 N–H and O–H groups in total. The number of Topliss-reactive ketones (excluding diaryl/α,β-unsaturated/α-hetero) is 1. The third kappa shape index (κ3) is 3.30. The molecular formula is C20H21ClN4O3. The average Bonchev–Trinajstić information content (AvgIpc) is 3.36. The van der Waals surface area contributed by atoms with Gasteiger partial charge in [-0.1, -0.05) is 43.4 Å². The summed E-state index contributed by atoms with van der Waals surface area (Å²) in [5, 5.41) is 7.19. The number of hydrogen-bond acceptors (Lipinski definition) is 4. The zero-order chi connectivity index (χ0) is 19.8. The number of fused-ring (bicyclic) bond motifs is 1. The summed E-state index contributed by atoms with van der Waals surface area (Å²) in [4.78, 5) is 39.8. The van der Waals surface area contributed by atoms with Crippen LogP contribution in [0.15, 0.2) is 30.5 Å². The molecule has 1 atom stereocenters. The first kappa shape index (κ1) is 18.7. The highest BCUT2D eigenvalue weighted by Gasteiger charge is 2.44. The molecule has 0 saturated heterocycles. The number of halogens is 1. The van der Waals surface area contributed by atoms with E-state index in [1.807, 2.05) is 0 Å². The number of amides is 2. The molecule has 1 aliphatic heterocycles. The molecule has 1 unspecified atom stereocenters. The van der Waals surface area contributed by atoms with Crippen molar-refractivity contribution >= 4 is 40.7 Å². The Balaban J connectivity index is 1.69. The Morgan fingerprint density at radius 1 is 1.29 bits per heavy atom. The highest BCUT2D eigenvalue weighted by molar-refractivity contribution is 6.55. The molecule has 0 bridgehead atoms. The van der Waals surface area contributed by atoms with E-state index in [1.165, 1.54) is 4.90 Å². The van der Waals surface area contributed by atoms with Gasteiger partial charge in [-0.05, 0) is 24.5 Å². The minimum absolute atomic E-state index is 0.177. The highest BCUT2D eigenvalue weighted by atomic mass is 35.5. The number of benzene rings is 1. The summed E-state index contributed by atoms with van der Waals surface area (Å²) < 4.78 is 1.58. The van der Waals surface area contributed by atoms with E-state index in [9.17, 15) is 14.4 Å². The summed E-state index contributed by atoms with van der Waals surface area (Å²) in [6.07, 6.45) is 6.51. The van der Waals surface area contributed by atoms with Crippen LogP contribution in [0, 0.1) is 5.92 Å². The van der Waals surface area contributed by atoms with Crippen LogP contribution in [-0.4, -0.2) is 33.4 Å². The second-order valence-electron chi connectivity index (χ2n) is 7.40. The van der Waals surface area contributed by atoms with Crippen molar-refractivity contribution in [3.63, 3.8) is 0 Å². The third-order valence-electron chi connectivity index (χ3n) is 5.50. The normalized spacial score (nSPS) is 17.9. The Bertz CT molecular complexity index is 949. The first-order valence-electron chi connectivity index (χ1n) is 9.42. The topological polar surface area (TPSA) is 84.3 Å². The molecule has 8 heteroatoms. The lowest BCUT2D eigenvalue weighted by Gasteiger charge is -2.29. The molecule has 1 aromatic carbocycles. The molecule has 2 aliphatic rings. The summed E-state index contributed by atoms with van der Waals surface area (Å²) in [7, 11) is 1.76. The van der Waals surface area contributed by atoms with E-state index in [4.69, 9.17) is 11.6 Å². The lowest BCUT2D eigenvalue weighted by atomic mass is 9.96. The molecule has 2 aromatic rings. The number of ketones is 1. The first-order chi connectivity index (χ1) is 13.5. The van der Waals surface area contributed by atoms with Crippen LogP contribution in [0.3, 0.4) is 0 Å². The van der Waals surface area contributed by atoms with Crippen molar-refractivity contribution in [2.75, 3.05) is 10.2 Å². The van der Waals surface area contributed by atoms with Crippen molar-refractivity contribution in [1.29, 1.82) is 0 Å². The number of anilines is 2. The standard InChI is InChI=1S/C20H21ClN4O3/c1-24-10-9-16(23-24)22-19(27)15(11-12-5-2-3-6-12)25-14-8-4-7-13(21)17(14)18(26)20(25)28/h4,7-10,12,15H,2-3,5-6,11H2,1H3,(H,22,23,27). The molecule has 2 heterocycles. The van der Waals surface area contributed by atoms with Gasteiger partial charge in [-0.25, -0.2) is 0 Å². The zero-order valence-electron chi connectivity index (χ0n) is 15.5. The van der Waals surface area contributed by atoms with Crippen LogP contribution < -0.4 is 10.2 Å². The van der Waals surface area contributed by atoms with E-state index < -0.39 is 17.7 Å². The van der Waals surface area contributed by atoms with E-state index in [0.29, 0.717) is 23.8 Å². The number of hydrogen-bond donors (Lipinski definition) is 1. The lowest BCUT2D eigenvalue weighted by Crippen LogP contribution is -2.48. The SMILES string of the molecule is Cn1ccc(NC(=O)C(CC2CCCC2)N2C(=O)C(=O)c3c(Cl)cccc32)n1. The van der Waals surface area contributed by atoms with E-state index in [2.05, 4.69) is 10.4 Å². The van der Waals surface area contributed by atoms with Crippen LogP contribution >= 0.6 is 11.6 Å². The maximum absolute atomic E-state index is 13.1. The maximum atomic E-state index is 13.1. The molecule has 0 radical (unpaired) electrons. The molecule has 0 spiro atoms. The van der Waals surface area contributed by atoms with Gasteiger partial charge in [0.25, 0.3) is 11.7 Å². The maximum Gasteiger partial charge on any atom is 0.300 e. The Hall–Kier alpha value is -2.67. The predicted molar refractivity (Wildman–Crippen MR) is 105 cm³/mol. The molecule has 7 nitrogen and oxygen atoms in total. The molecule has 1 aromatic heterocycles. The number of aryl methyl sites for hydroxylation is 1. The number of aromatic nitrogens is 2. The van der Waals surface area contributed by atoms with Crippen molar-refractivity contribution in [2.45, 2.75) is 38.1 Å². The Morgan fingerprint density at radius 3 is 2.71 bits per heavy atom. The quantitative estimate of drug-likeness (QED) is 0.781. The van der Waals surface area contributed by atoms with Gasteiger partial charge in [0.15, 0.2) is 5.82 Å². The van der Waals surface area contributed by atoms with Crippen molar-refractivity contribution in [3.05, 3.63) is 41.0 Å². The summed E-state index contributed by atoms with van der Waals surface area (Å²) in [5.74, 6) is -0.969. The van der Waals surface area contributed by atoms with Gasteiger partial charge in [-0.2, -0.15) is 5.10 Å². The molecule has 1 fully saturated rings. The number of carbonyl (C=O) groups is 3. The second-order valence-corrected chi connectivity index (χ2v) is 7.81. The third-order valence-corrected chi connectivity index (χ3v) is 5.82.